The Bertz CT molecular complexity index is 567. The highest BCUT2D eigenvalue weighted by molar-refractivity contribution is 6.05. The molecule has 0 aliphatic heterocycles. The average molecular weight is 255 g/mol. The lowest BCUT2D eigenvalue weighted by molar-refractivity contribution is 0.102. The zero-order chi connectivity index (χ0) is 13.7. The molecular formula is C15H17N3O. The van der Waals surface area contributed by atoms with E-state index < -0.39 is 0 Å². The molecule has 1 aromatic heterocycles. The van der Waals surface area contributed by atoms with E-state index in [0.29, 0.717) is 5.56 Å². The molecule has 2 aromatic rings. The van der Waals surface area contributed by atoms with Crippen molar-refractivity contribution < 1.29 is 4.79 Å². The van der Waals surface area contributed by atoms with Crippen LogP contribution in [0.2, 0.25) is 0 Å². The predicted octanol–water partition coefficient (Wildman–Crippen LogP) is 3.07. The van der Waals surface area contributed by atoms with E-state index in [2.05, 4.69) is 15.6 Å². The van der Waals surface area contributed by atoms with Crippen LogP contribution in [-0.4, -0.2) is 17.4 Å². The third kappa shape index (κ3) is 3.31. The molecule has 0 radical (unpaired) electrons. The van der Waals surface area contributed by atoms with Crippen molar-refractivity contribution in [3.8, 4) is 0 Å². The van der Waals surface area contributed by atoms with Gasteiger partial charge in [0, 0.05) is 35.9 Å². The number of rotatable bonds is 4. The zero-order valence-corrected chi connectivity index (χ0v) is 11.1. The second kappa shape index (κ2) is 6.00. The summed E-state index contributed by atoms with van der Waals surface area (Å²) in [5.41, 5.74) is 3.40. The van der Waals surface area contributed by atoms with Crippen LogP contribution >= 0.6 is 0 Å². The molecule has 2 N–H and O–H groups in total. The van der Waals surface area contributed by atoms with Crippen LogP contribution in [0.25, 0.3) is 0 Å². The number of amides is 1. The molecule has 0 atom stereocenters. The highest BCUT2D eigenvalue weighted by Gasteiger charge is 2.09. The second-order valence-corrected chi connectivity index (χ2v) is 4.25. The van der Waals surface area contributed by atoms with Gasteiger partial charge >= 0.3 is 0 Å². The summed E-state index contributed by atoms with van der Waals surface area (Å²) in [5.74, 6) is -0.105. The molecule has 19 heavy (non-hydrogen) atoms. The third-order valence-electron chi connectivity index (χ3n) is 2.79. The van der Waals surface area contributed by atoms with Gasteiger partial charge in [-0.15, -0.1) is 0 Å². The maximum Gasteiger partial charge on any atom is 0.255 e. The van der Waals surface area contributed by atoms with Gasteiger partial charge in [0.05, 0.1) is 0 Å². The number of hydrogen-bond donors (Lipinski definition) is 2. The molecule has 0 fully saturated rings. The van der Waals surface area contributed by atoms with Crippen molar-refractivity contribution in [2.75, 3.05) is 17.2 Å². The minimum Gasteiger partial charge on any atom is -0.385 e. The van der Waals surface area contributed by atoms with Gasteiger partial charge in [-0.25, -0.2) is 0 Å². The Kier molecular flexibility index (Phi) is 4.13. The molecule has 0 unspecified atom stereocenters. The second-order valence-electron chi connectivity index (χ2n) is 4.25. The molecule has 0 aliphatic carbocycles. The van der Waals surface area contributed by atoms with Gasteiger partial charge < -0.3 is 10.6 Å². The van der Waals surface area contributed by atoms with Gasteiger partial charge in [-0.05, 0) is 49.7 Å². The number of nitrogens with one attached hydrogen (secondary N) is 2. The summed E-state index contributed by atoms with van der Waals surface area (Å²) in [6.07, 6.45) is 3.30. The topological polar surface area (TPSA) is 54.0 Å². The van der Waals surface area contributed by atoms with Gasteiger partial charge in [-0.2, -0.15) is 0 Å². The first kappa shape index (κ1) is 13.1. The fourth-order valence-electron chi connectivity index (χ4n) is 1.87. The van der Waals surface area contributed by atoms with E-state index in [1.165, 1.54) is 0 Å². The normalized spacial score (nSPS) is 10.0. The van der Waals surface area contributed by atoms with Crippen molar-refractivity contribution in [1.82, 2.24) is 4.98 Å². The molecule has 1 amide bonds. The minimum atomic E-state index is -0.105. The van der Waals surface area contributed by atoms with E-state index in [1.807, 2.05) is 32.0 Å². The summed E-state index contributed by atoms with van der Waals surface area (Å²) in [6, 6.07) is 9.26. The van der Waals surface area contributed by atoms with Crippen LogP contribution in [0.3, 0.4) is 0 Å². The van der Waals surface area contributed by atoms with Crippen LogP contribution in [0.4, 0.5) is 11.4 Å². The molecule has 0 bridgehead atoms. The Labute approximate surface area is 112 Å². The number of aryl methyl sites for hydroxylation is 1. The lowest BCUT2D eigenvalue weighted by atomic mass is 10.1. The quantitative estimate of drug-likeness (QED) is 0.882. The predicted molar refractivity (Wildman–Crippen MR) is 77.5 cm³/mol. The minimum absolute atomic E-state index is 0.105. The average Bonchev–Trinajstić information content (AvgIpc) is 2.40. The Morgan fingerprint density at radius 3 is 2.53 bits per heavy atom. The molecule has 0 saturated heterocycles. The highest BCUT2D eigenvalue weighted by atomic mass is 16.1. The van der Waals surface area contributed by atoms with E-state index in [4.69, 9.17) is 0 Å². The number of benzene rings is 1. The number of carbonyl (C=O) groups excluding carboxylic acids is 1. The zero-order valence-electron chi connectivity index (χ0n) is 11.1. The fraction of sp³-hybridized carbons (Fsp3) is 0.200. The van der Waals surface area contributed by atoms with Crippen molar-refractivity contribution in [2.24, 2.45) is 0 Å². The van der Waals surface area contributed by atoms with Gasteiger partial charge in [0.2, 0.25) is 0 Å². The van der Waals surface area contributed by atoms with Gasteiger partial charge in [0.15, 0.2) is 0 Å². The summed E-state index contributed by atoms with van der Waals surface area (Å²) in [7, 11) is 0. The maximum absolute atomic E-state index is 12.2. The van der Waals surface area contributed by atoms with E-state index in [1.54, 1.807) is 24.5 Å². The Balaban J connectivity index is 2.15. The van der Waals surface area contributed by atoms with E-state index >= 15 is 0 Å². The van der Waals surface area contributed by atoms with Gasteiger partial charge in [-0.1, -0.05) is 0 Å². The number of nitrogens with zero attached hydrogens (tertiary/aromatic N) is 1. The standard InChI is InChI=1S/C15H17N3O/c1-3-17-13-4-5-14(11(2)10-13)15(19)18-12-6-8-16-9-7-12/h4-10,17H,3H2,1-2H3,(H,16,18,19). The number of pyridine rings is 1. The lowest BCUT2D eigenvalue weighted by Crippen LogP contribution is -2.13. The summed E-state index contributed by atoms with van der Waals surface area (Å²) in [5, 5.41) is 6.08. The Hall–Kier alpha value is -2.36. The molecule has 4 heteroatoms. The van der Waals surface area contributed by atoms with Gasteiger partial charge in [0.25, 0.3) is 5.91 Å². The van der Waals surface area contributed by atoms with E-state index in [-0.39, 0.29) is 5.91 Å². The molecule has 0 spiro atoms. The van der Waals surface area contributed by atoms with Crippen LogP contribution < -0.4 is 10.6 Å². The van der Waals surface area contributed by atoms with Crippen LogP contribution in [0.1, 0.15) is 22.8 Å². The summed E-state index contributed by atoms with van der Waals surface area (Å²) >= 11 is 0. The van der Waals surface area contributed by atoms with Crippen LogP contribution in [0, 0.1) is 6.92 Å². The number of carbonyl (C=O) groups is 1. The Morgan fingerprint density at radius 1 is 1.16 bits per heavy atom. The van der Waals surface area contributed by atoms with Crippen molar-refractivity contribution in [2.45, 2.75) is 13.8 Å². The number of anilines is 2. The Morgan fingerprint density at radius 2 is 1.89 bits per heavy atom. The summed E-state index contributed by atoms with van der Waals surface area (Å²) < 4.78 is 0. The fourth-order valence-corrected chi connectivity index (χ4v) is 1.87. The first-order valence-electron chi connectivity index (χ1n) is 6.26. The molecule has 1 aromatic carbocycles. The third-order valence-corrected chi connectivity index (χ3v) is 2.79. The molecule has 4 nitrogen and oxygen atoms in total. The first-order valence-corrected chi connectivity index (χ1v) is 6.26. The first-order chi connectivity index (χ1) is 9.20. The van der Waals surface area contributed by atoms with Crippen molar-refractivity contribution >= 4 is 17.3 Å². The van der Waals surface area contributed by atoms with Crippen molar-refractivity contribution in [1.29, 1.82) is 0 Å². The van der Waals surface area contributed by atoms with E-state index in [0.717, 1.165) is 23.5 Å². The van der Waals surface area contributed by atoms with Crippen LogP contribution in [-0.2, 0) is 0 Å². The molecule has 0 saturated carbocycles. The smallest absolute Gasteiger partial charge is 0.255 e. The van der Waals surface area contributed by atoms with E-state index in [9.17, 15) is 4.79 Å². The molecule has 2 rings (SSSR count). The molecular weight excluding hydrogens is 238 g/mol. The molecule has 98 valence electrons. The van der Waals surface area contributed by atoms with Gasteiger partial charge in [0.1, 0.15) is 0 Å². The SMILES string of the molecule is CCNc1ccc(C(=O)Nc2ccncc2)c(C)c1. The number of aromatic nitrogens is 1. The monoisotopic (exact) mass is 255 g/mol. The highest BCUT2D eigenvalue weighted by Crippen LogP contribution is 2.16. The maximum atomic E-state index is 12.2. The molecule has 1 heterocycles. The van der Waals surface area contributed by atoms with Crippen molar-refractivity contribution in [3.05, 3.63) is 53.9 Å². The summed E-state index contributed by atoms with van der Waals surface area (Å²) in [4.78, 5) is 16.1. The largest absolute Gasteiger partial charge is 0.385 e. The van der Waals surface area contributed by atoms with Crippen LogP contribution in [0.5, 0.6) is 0 Å². The van der Waals surface area contributed by atoms with Crippen molar-refractivity contribution in [3.63, 3.8) is 0 Å². The number of hydrogen-bond acceptors (Lipinski definition) is 3. The lowest BCUT2D eigenvalue weighted by Gasteiger charge is -2.10. The summed E-state index contributed by atoms with van der Waals surface area (Å²) in [6.45, 7) is 4.84. The van der Waals surface area contributed by atoms with Gasteiger partial charge in [-0.3, -0.25) is 9.78 Å². The molecule has 0 aliphatic rings. The van der Waals surface area contributed by atoms with Crippen LogP contribution in [0.15, 0.2) is 42.7 Å².